The van der Waals surface area contributed by atoms with Gasteiger partial charge in [0.1, 0.15) is 0 Å². The van der Waals surface area contributed by atoms with Crippen molar-refractivity contribution in [3.05, 3.63) is 29.8 Å². The lowest BCUT2D eigenvalue weighted by atomic mass is 10.2. The topological polar surface area (TPSA) is 56.1 Å². The first kappa shape index (κ1) is 15.0. The summed E-state index contributed by atoms with van der Waals surface area (Å²) >= 11 is 0. The summed E-state index contributed by atoms with van der Waals surface area (Å²) in [5.41, 5.74) is 1.55. The lowest BCUT2D eigenvalue weighted by Gasteiger charge is -2.21. The maximum Gasteiger partial charge on any atom is 0.239 e. The van der Waals surface area contributed by atoms with Gasteiger partial charge in [-0.1, -0.05) is 13.8 Å². The second kappa shape index (κ2) is 7.42. The molecule has 19 heavy (non-hydrogen) atoms. The molecule has 1 N–H and O–H groups in total. The van der Waals surface area contributed by atoms with E-state index < -0.39 is 0 Å². The van der Waals surface area contributed by atoms with E-state index in [-0.39, 0.29) is 11.9 Å². The molecule has 0 unspecified atom stereocenters. The second-order valence-corrected chi connectivity index (χ2v) is 4.60. The van der Waals surface area contributed by atoms with Gasteiger partial charge in [-0.05, 0) is 37.1 Å². The Morgan fingerprint density at radius 2 is 1.89 bits per heavy atom. The highest BCUT2D eigenvalue weighted by atomic mass is 16.2. The lowest BCUT2D eigenvalue weighted by Crippen LogP contribution is -2.40. The number of nitriles is 1. The largest absolute Gasteiger partial charge is 0.365 e. The van der Waals surface area contributed by atoms with Crippen molar-refractivity contribution in [2.24, 2.45) is 0 Å². The normalized spacial score (nSPS) is 10.1. The molecule has 0 aliphatic carbocycles. The molecule has 102 valence electrons. The van der Waals surface area contributed by atoms with Crippen LogP contribution in [0.1, 0.15) is 32.3 Å². The van der Waals surface area contributed by atoms with E-state index in [1.165, 1.54) is 0 Å². The predicted molar refractivity (Wildman–Crippen MR) is 76.9 cm³/mol. The Hall–Kier alpha value is -2.02. The highest BCUT2D eigenvalue weighted by Crippen LogP contribution is 2.13. The number of nitrogens with one attached hydrogen (secondary N) is 1. The average molecular weight is 259 g/mol. The molecule has 0 fully saturated rings. The van der Waals surface area contributed by atoms with Gasteiger partial charge in [0.15, 0.2) is 0 Å². The van der Waals surface area contributed by atoms with Gasteiger partial charge in [0.05, 0.1) is 18.2 Å². The van der Waals surface area contributed by atoms with Crippen molar-refractivity contribution < 1.29 is 4.79 Å². The summed E-state index contributed by atoms with van der Waals surface area (Å²) in [5.74, 6) is 0.0283. The number of benzene rings is 1. The molecule has 0 atom stereocenters. The van der Waals surface area contributed by atoms with Gasteiger partial charge >= 0.3 is 0 Å². The second-order valence-electron chi connectivity index (χ2n) is 4.60. The maximum absolute atomic E-state index is 11.9. The van der Waals surface area contributed by atoms with E-state index in [2.05, 4.69) is 25.2 Å². The average Bonchev–Trinajstić information content (AvgIpc) is 2.44. The van der Waals surface area contributed by atoms with Crippen molar-refractivity contribution in [3.63, 3.8) is 0 Å². The van der Waals surface area contributed by atoms with E-state index in [1.807, 2.05) is 24.1 Å². The molecule has 4 nitrogen and oxygen atoms in total. The Morgan fingerprint density at radius 3 is 2.37 bits per heavy atom. The molecule has 0 radical (unpaired) electrons. The first-order chi connectivity index (χ1) is 9.10. The number of hydrogen-bond acceptors (Lipinski definition) is 3. The summed E-state index contributed by atoms with van der Waals surface area (Å²) in [5, 5.41) is 11.7. The third-order valence-electron chi connectivity index (χ3n) is 3.17. The Kier molecular flexibility index (Phi) is 5.87. The molecule has 0 aromatic heterocycles. The minimum atomic E-state index is 0.0283. The number of rotatable bonds is 6. The maximum atomic E-state index is 11.9. The van der Waals surface area contributed by atoms with Gasteiger partial charge in [0, 0.05) is 18.8 Å². The van der Waals surface area contributed by atoms with E-state index in [0.29, 0.717) is 12.1 Å². The van der Waals surface area contributed by atoms with Crippen LogP contribution in [0.4, 0.5) is 5.69 Å². The fraction of sp³-hybridized carbons (Fsp3) is 0.467. The number of hydrogen-bond donors (Lipinski definition) is 1. The summed E-state index contributed by atoms with van der Waals surface area (Å²) in [6, 6.07) is 9.54. The zero-order valence-corrected chi connectivity index (χ0v) is 11.8. The molecule has 1 aromatic rings. The van der Waals surface area contributed by atoms with E-state index in [4.69, 9.17) is 5.26 Å². The van der Waals surface area contributed by atoms with E-state index >= 15 is 0 Å². The lowest BCUT2D eigenvalue weighted by molar-refractivity contribution is -0.120. The van der Waals surface area contributed by atoms with Crippen molar-refractivity contribution in [2.45, 2.75) is 32.7 Å². The number of amides is 1. The molecule has 0 heterocycles. The standard InChI is InChI=1S/C15H21N3O/c1-4-13(5-2)17-15(19)11-18(3)14-8-6-12(10-16)7-9-14/h6-9,13H,4-5,11H2,1-3H3,(H,17,19). The SMILES string of the molecule is CCC(CC)NC(=O)CN(C)c1ccc(C#N)cc1. The highest BCUT2D eigenvalue weighted by molar-refractivity contribution is 5.81. The quantitative estimate of drug-likeness (QED) is 0.852. The molecular weight excluding hydrogens is 238 g/mol. The van der Waals surface area contributed by atoms with E-state index in [1.54, 1.807) is 12.1 Å². The van der Waals surface area contributed by atoms with Crippen molar-refractivity contribution >= 4 is 11.6 Å². The van der Waals surface area contributed by atoms with Crippen LogP contribution in [0.25, 0.3) is 0 Å². The molecule has 0 bridgehead atoms. The molecule has 0 spiro atoms. The van der Waals surface area contributed by atoms with Crippen molar-refractivity contribution in [1.29, 1.82) is 5.26 Å². The summed E-state index contributed by atoms with van der Waals surface area (Å²) < 4.78 is 0. The van der Waals surface area contributed by atoms with Crippen LogP contribution < -0.4 is 10.2 Å². The fourth-order valence-corrected chi connectivity index (χ4v) is 1.86. The third kappa shape index (κ3) is 4.63. The summed E-state index contributed by atoms with van der Waals surface area (Å²) in [6.07, 6.45) is 1.89. The van der Waals surface area contributed by atoms with E-state index in [9.17, 15) is 4.79 Å². The molecule has 1 rings (SSSR count). The predicted octanol–water partition coefficient (Wildman–Crippen LogP) is 2.30. The Balaban J connectivity index is 2.56. The number of carbonyl (C=O) groups is 1. The van der Waals surface area contributed by atoms with Crippen molar-refractivity contribution in [1.82, 2.24) is 5.32 Å². The summed E-state index contributed by atoms with van der Waals surface area (Å²) in [7, 11) is 1.87. The molecule has 0 aliphatic rings. The highest BCUT2D eigenvalue weighted by Gasteiger charge is 2.11. The zero-order valence-electron chi connectivity index (χ0n) is 11.8. The Bertz CT molecular complexity index is 443. The minimum Gasteiger partial charge on any atom is -0.365 e. The van der Waals surface area contributed by atoms with Gasteiger partial charge in [-0.25, -0.2) is 0 Å². The fourth-order valence-electron chi connectivity index (χ4n) is 1.86. The van der Waals surface area contributed by atoms with Gasteiger partial charge in [0.2, 0.25) is 5.91 Å². The van der Waals surface area contributed by atoms with E-state index in [0.717, 1.165) is 18.5 Å². The number of anilines is 1. The van der Waals surface area contributed by atoms with Crippen LogP contribution in [0.2, 0.25) is 0 Å². The van der Waals surface area contributed by atoms with Crippen LogP contribution in [0.15, 0.2) is 24.3 Å². The van der Waals surface area contributed by atoms with Crippen molar-refractivity contribution in [3.8, 4) is 6.07 Å². The van der Waals surface area contributed by atoms with Gasteiger partial charge in [-0.15, -0.1) is 0 Å². The third-order valence-corrected chi connectivity index (χ3v) is 3.17. The van der Waals surface area contributed by atoms with Crippen LogP contribution >= 0.6 is 0 Å². The van der Waals surface area contributed by atoms with Gasteiger partial charge in [-0.2, -0.15) is 5.26 Å². The molecule has 0 aliphatic heterocycles. The number of carbonyl (C=O) groups excluding carboxylic acids is 1. The first-order valence-corrected chi connectivity index (χ1v) is 6.61. The van der Waals surface area contributed by atoms with Crippen LogP contribution in [-0.2, 0) is 4.79 Å². The Labute approximate surface area is 115 Å². The van der Waals surface area contributed by atoms with Gasteiger partial charge in [0.25, 0.3) is 0 Å². The van der Waals surface area contributed by atoms with Crippen LogP contribution in [0.5, 0.6) is 0 Å². The van der Waals surface area contributed by atoms with Crippen LogP contribution in [0.3, 0.4) is 0 Å². The first-order valence-electron chi connectivity index (χ1n) is 6.61. The smallest absolute Gasteiger partial charge is 0.239 e. The zero-order chi connectivity index (χ0) is 14.3. The molecule has 0 saturated heterocycles. The molecule has 0 saturated carbocycles. The van der Waals surface area contributed by atoms with Gasteiger partial charge < -0.3 is 10.2 Å². The summed E-state index contributed by atoms with van der Waals surface area (Å²) in [6.45, 7) is 4.46. The Morgan fingerprint density at radius 1 is 1.32 bits per heavy atom. The molecular formula is C15H21N3O. The number of likely N-dealkylation sites (N-methyl/N-ethyl adjacent to an activating group) is 1. The molecule has 1 aromatic carbocycles. The minimum absolute atomic E-state index is 0.0283. The summed E-state index contributed by atoms with van der Waals surface area (Å²) in [4.78, 5) is 13.7. The molecule has 4 heteroatoms. The molecule has 1 amide bonds. The van der Waals surface area contributed by atoms with Crippen LogP contribution in [-0.4, -0.2) is 25.5 Å². The van der Waals surface area contributed by atoms with Crippen molar-refractivity contribution in [2.75, 3.05) is 18.5 Å². The van der Waals surface area contributed by atoms with Gasteiger partial charge in [-0.3, -0.25) is 4.79 Å². The number of nitrogens with zero attached hydrogens (tertiary/aromatic N) is 2. The van der Waals surface area contributed by atoms with Crippen LogP contribution in [0, 0.1) is 11.3 Å². The monoisotopic (exact) mass is 259 g/mol.